The molecule has 2 nitrogen and oxygen atoms in total. The van der Waals surface area contributed by atoms with Crippen molar-refractivity contribution in [1.29, 1.82) is 0 Å². The molecule has 1 aliphatic carbocycles. The molecule has 0 radical (unpaired) electrons. The van der Waals surface area contributed by atoms with Gasteiger partial charge in [0.25, 0.3) is 0 Å². The van der Waals surface area contributed by atoms with Crippen molar-refractivity contribution in [2.24, 2.45) is 11.8 Å². The molecule has 1 aromatic heterocycles. The van der Waals surface area contributed by atoms with Gasteiger partial charge < -0.3 is 9.73 Å². The first kappa shape index (κ1) is 13.7. The summed E-state index contributed by atoms with van der Waals surface area (Å²) in [5.74, 6) is 2.95. The molecule has 2 rings (SSSR count). The molecule has 1 fully saturated rings. The molecule has 18 heavy (non-hydrogen) atoms. The lowest BCUT2D eigenvalue weighted by Gasteiger charge is -2.29. The van der Waals surface area contributed by atoms with E-state index in [1.165, 1.54) is 32.1 Å². The van der Waals surface area contributed by atoms with Crippen LogP contribution in [-0.4, -0.2) is 6.54 Å². The Bertz CT molecular complexity index is 312. The van der Waals surface area contributed by atoms with Crippen molar-refractivity contribution in [2.75, 3.05) is 6.54 Å². The Balaban J connectivity index is 1.74. The van der Waals surface area contributed by atoms with E-state index in [0.29, 0.717) is 6.04 Å². The highest BCUT2D eigenvalue weighted by atomic mass is 16.3. The van der Waals surface area contributed by atoms with Crippen LogP contribution in [0, 0.1) is 11.8 Å². The molecule has 1 heterocycles. The van der Waals surface area contributed by atoms with Crippen molar-refractivity contribution in [3.8, 4) is 0 Å². The van der Waals surface area contributed by atoms with Gasteiger partial charge in [-0.05, 0) is 49.8 Å². The molecule has 1 saturated carbocycles. The van der Waals surface area contributed by atoms with Gasteiger partial charge in [0, 0.05) is 0 Å². The van der Waals surface area contributed by atoms with E-state index in [1.54, 1.807) is 6.26 Å². The van der Waals surface area contributed by atoms with Crippen molar-refractivity contribution in [1.82, 2.24) is 5.32 Å². The maximum absolute atomic E-state index is 5.50. The molecular weight excluding hydrogens is 222 g/mol. The van der Waals surface area contributed by atoms with Crippen LogP contribution < -0.4 is 5.32 Å². The highest BCUT2D eigenvalue weighted by Crippen LogP contribution is 2.30. The normalized spacial score (nSPS) is 26.1. The molecule has 0 aliphatic heterocycles. The Kier molecular flexibility index (Phi) is 5.30. The lowest BCUT2D eigenvalue weighted by molar-refractivity contribution is 0.252. The van der Waals surface area contributed by atoms with Gasteiger partial charge in [0.2, 0.25) is 0 Å². The molecule has 0 saturated heterocycles. The largest absolute Gasteiger partial charge is 0.468 e. The Morgan fingerprint density at radius 3 is 2.50 bits per heavy atom. The van der Waals surface area contributed by atoms with Crippen molar-refractivity contribution < 1.29 is 4.42 Å². The van der Waals surface area contributed by atoms with Gasteiger partial charge >= 0.3 is 0 Å². The predicted molar refractivity (Wildman–Crippen MR) is 75.5 cm³/mol. The summed E-state index contributed by atoms with van der Waals surface area (Å²) in [5, 5.41) is 3.68. The molecule has 0 amide bonds. The summed E-state index contributed by atoms with van der Waals surface area (Å²) in [6.07, 6.45) is 9.90. The average Bonchev–Trinajstić information content (AvgIpc) is 2.94. The van der Waals surface area contributed by atoms with E-state index in [2.05, 4.69) is 25.2 Å². The van der Waals surface area contributed by atoms with Crippen molar-refractivity contribution in [3.05, 3.63) is 24.2 Å². The first-order valence-electron chi connectivity index (χ1n) is 7.60. The van der Waals surface area contributed by atoms with Gasteiger partial charge in [-0.15, -0.1) is 0 Å². The summed E-state index contributed by atoms with van der Waals surface area (Å²) >= 11 is 0. The van der Waals surface area contributed by atoms with Gasteiger partial charge in [0.15, 0.2) is 0 Å². The standard InChI is InChI=1S/C16H27NO/c1-3-13-7-9-14(10-8-13)12-17-15(4-2)16-6-5-11-18-16/h5-6,11,13-15,17H,3-4,7-10,12H2,1-2H3. The Hall–Kier alpha value is -0.760. The van der Waals surface area contributed by atoms with Gasteiger partial charge in [-0.25, -0.2) is 0 Å². The third-order valence-corrected chi connectivity index (χ3v) is 4.49. The fourth-order valence-corrected chi connectivity index (χ4v) is 3.09. The van der Waals surface area contributed by atoms with Crippen LogP contribution >= 0.6 is 0 Å². The van der Waals surface area contributed by atoms with Crippen LogP contribution in [0.5, 0.6) is 0 Å². The van der Waals surface area contributed by atoms with E-state index < -0.39 is 0 Å². The predicted octanol–water partition coefficient (Wildman–Crippen LogP) is 4.54. The van der Waals surface area contributed by atoms with E-state index in [-0.39, 0.29) is 0 Å². The zero-order chi connectivity index (χ0) is 12.8. The number of hydrogen-bond acceptors (Lipinski definition) is 2. The van der Waals surface area contributed by atoms with Crippen LogP contribution in [0.15, 0.2) is 22.8 Å². The molecule has 1 atom stereocenters. The van der Waals surface area contributed by atoms with Crippen LogP contribution in [0.4, 0.5) is 0 Å². The first-order valence-corrected chi connectivity index (χ1v) is 7.60. The van der Waals surface area contributed by atoms with Gasteiger partial charge in [0.05, 0.1) is 12.3 Å². The lowest BCUT2D eigenvalue weighted by atomic mass is 9.81. The third-order valence-electron chi connectivity index (χ3n) is 4.49. The maximum atomic E-state index is 5.50. The third kappa shape index (κ3) is 3.61. The topological polar surface area (TPSA) is 25.2 Å². The van der Waals surface area contributed by atoms with Gasteiger partial charge in [0.1, 0.15) is 5.76 Å². The molecule has 1 aliphatic rings. The molecule has 1 unspecified atom stereocenters. The average molecular weight is 249 g/mol. The molecule has 0 bridgehead atoms. The zero-order valence-corrected chi connectivity index (χ0v) is 11.8. The van der Waals surface area contributed by atoms with Crippen molar-refractivity contribution in [2.45, 2.75) is 58.4 Å². The Morgan fingerprint density at radius 1 is 1.22 bits per heavy atom. The number of hydrogen-bond donors (Lipinski definition) is 1. The highest BCUT2D eigenvalue weighted by Gasteiger charge is 2.21. The Labute approximate surface area is 111 Å². The summed E-state index contributed by atoms with van der Waals surface area (Å²) < 4.78 is 5.50. The quantitative estimate of drug-likeness (QED) is 0.801. The minimum absolute atomic E-state index is 0.392. The smallest absolute Gasteiger partial charge is 0.120 e. The van der Waals surface area contributed by atoms with Crippen molar-refractivity contribution >= 4 is 0 Å². The molecule has 2 heteroatoms. The monoisotopic (exact) mass is 249 g/mol. The first-order chi connectivity index (χ1) is 8.83. The second-order valence-corrected chi connectivity index (χ2v) is 5.68. The fraction of sp³-hybridized carbons (Fsp3) is 0.750. The molecule has 0 aromatic carbocycles. The van der Waals surface area contributed by atoms with Gasteiger partial charge in [-0.2, -0.15) is 0 Å². The Morgan fingerprint density at radius 2 is 1.94 bits per heavy atom. The van der Waals surface area contributed by atoms with E-state index in [0.717, 1.165) is 30.6 Å². The summed E-state index contributed by atoms with van der Waals surface area (Å²) in [6.45, 7) is 5.69. The van der Waals surface area contributed by atoms with E-state index >= 15 is 0 Å². The van der Waals surface area contributed by atoms with E-state index in [1.807, 2.05) is 6.07 Å². The van der Waals surface area contributed by atoms with Crippen LogP contribution in [0.1, 0.15) is 64.2 Å². The summed E-state index contributed by atoms with van der Waals surface area (Å²) in [7, 11) is 0. The summed E-state index contributed by atoms with van der Waals surface area (Å²) in [6, 6.07) is 4.45. The van der Waals surface area contributed by atoms with Gasteiger partial charge in [-0.1, -0.05) is 33.1 Å². The van der Waals surface area contributed by atoms with Crippen LogP contribution in [0.2, 0.25) is 0 Å². The zero-order valence-electron chi connectivity index (χ0n) is 11.8. The SMILES string of the molecule is CCC1CCC(CNC(CC)c2ccco2)CC1. The van der Waals surface area contributed by atoms with Crippen molar-refractivity contribution in [3.63, 3.8) is 0 Å². The van der Waals surface area contributed by atoms with Crippen LogP contribution in [0.3, 0.4) is 0 Å². The summed E-state index contributed by atoms with van der Waals surface area (Å²) in [5.41, 5.74) is 0. The molecular formula is C16H27NO. The molecule has 1 N–H and O–H groups in total. The van der Waals surface area contributed by atoms with E-state index in [9.17, 15) is 0 Å². The molecule has 1 aromatic rings. The highest BCUT2D eigenvalue weighted by molar-refractivity contribution is 5.04. The lowest BCUT2D eigenvalue weighted by Crippen LogP contribution is -2.29. The number of furan rings is 1. The minimum Gasteiger partial charge on any atom is -0.468 e. The number of rotatable bonds is 6. The van der Waals surface area contributed by atoms with E-state index in [4.69, 9.17) is 4.42 Å². The molecule has 102 valence electrons. The second-order valence-electron chi connectivity index (χ2n) is 5.68. The maximum Gasteiger partial charge on any atom is 0.120 e. The second kappa shape index (κ2) is 6.98. The van der Waals surface area contributed by atoms with Crippen LogP contribution in [0.25, 0.3) is 0 Å². The molecule has 0 spiro atoms. The minimum atomic E-state index is 0.392. The fourth-order valence-electron chi connectivity index (χ4n) is 3.09. The number of nitrogens with one attached hydrogen (secondary N) is 1. The van der Waals surface area contributed by atoms with Gasteiger partial charge in [-0.3, -0.25) is 0 Å². The van der Waals surface area contributed by atoms with Crippen LogP contribution in [-0.2, 0) is 0 Å². The summed E-state index contributed by atoms with van der Waals surface area (Å²) in [4.78, 5) is 0.